The van der Waals surface area contributed by atoms with Crippen LogP contribution in [0.3, 0.4) is 0 Å². The third kappa shape index (κ3) is 5.81. The quantitative estimate of drug-likeness (QED) is 0.775. The first-order chi connectivity index (χ1) is 13.8. The summed E-state index contributed by atoms with van der Waals surface area (Å²) in [6.45, 7) is 4.96. The molecule has 1 fully saturated rings. The molecular weight excluding hydrogens is 388 g/mol. The molecule has 0 saturated carbocycles. The van der Waals surface area contributed by atoms with Crippen molar-refractivity contribution in [2.24, 2.45) is 0 Å². The topological polar surface area (TPSA) is 75.7 Å². The number of nitrogens with zero attached hydrogens (tertiary/aromatic N) is 1. The van der Waals surface area contributed by atoms with Crippen molar-refractivity contribution in [2.45, 2.75) is 44.4 Å². The predicted molar refractivity (Wildman–Crippen MR) is 114 cm³/mol. The number of anilines is 1. The lowest BCUT2D eigenvalue weighted by molar-refractivity contribution is -0.118. The highest BCUT2D eigenvalue weighted by molar-refractivity contribution is 7.89. The molecular formula is C22H28N2O4S. The highest BCUT2D eigenvalue weighted by Gasteiger charge is 2.24. The molecule has 156 valence electrons. The lowest BCUT2D eigenvalue weighted by Crippen LogP contribution is -2.31. The first-order valence-corrected chi connectivity index (χ1v) is 11.4. The summed E-state index contributed by atoms with van der Waals surface area (Å²) in [6.07, 6.45) is 3.93. The maximum Gasteiger partial charge on any atom is 0.262 e. The molecule has 7 heteroatoms. The van der Waals surface area contributed by atoms with Crippen molar-refractivity contribution >= 4 is 21.6 Å². The van der Waals surface area contributed by atoms with E-state index in [0.717, 1.165) is 36.8 Å². The molecule has 0 aromatic heterocycles. The first kappa shape index (κ1) is 21.3. The van der Waals surface area contributed by atoms with Gasteiger partial charge in [0, 0.05) is 18.8 Å². The Labute approximate surface area is 172 Å². The molecule has 0 atom stereocenters. The van der Waals surface area contributed by atoms with Gasteiger partial charge >= 0.3 is 0 Å². The number of nitrogens with one attached hydrogen (secondary N) is 1. The van der Waals surface area contributed by atoms with Crippen LogP contribution in [0.2, 0.25) is 0 Å². The highest BCUT2D eigenvalue weighted by atomic mass is 32.2. The second-order valence-electron chi connectivity index (χ2n) is 7.50. The molecule has 0 aliphatic carbocycles. The Bertz CT molecular complexity index is 927. The number of benzene rings is 2. The zero-order chi connectivity index (χ0) is 20.9. The Morgan fingerprint density at radius 2 is 1.55 bits per heavy atom. The number of hydrogen-bond donors (Lipinski definition) is 1. The van der Waals surface area contributed by atoms with Crippen molar-refractivity contribution in [3.63, 3.8) is 0 Å². The molecule has 0 unspecified atom stereocenters. The summed E-state index contributed by atoms with van der Waals surface area (Å²) in [5, 5.41) is 2.74. The third-order valence-corrected chi connectivity index (χ3v) is 6.82. The van der Waals surface area contributed by atoms with Crippen LogP contribution in [0, 0.1) is 13.8 Å². The fraction of sp³-hybridized carbons (Fsp3) is 0.409. The summed E-state index contributed by atoms with van der Waals surface area (Å²) < 4.78 is 32.7. The van der Waals surface area contributed by atoms with Gasteiger partial charge in [0.25, 0.3) is 5.91 Å². The van der Waals surface area contributed by atoms with Gasteiger partial charge < -0.3 is 10.1 Å². The van der Waals surface area contributed by atoms with E-state index in [1.807, 2.05) is 32.0 Å². The molecule has 3 rings (SSSR count). The minimum atomic E-state index is -3.49. The van der Waals surface area contributed by atoms with E-state index in [4.69, 9.17) is 4.74 Å². The SMILES string of the molecule is Cc1cc(C)cc(OCC(=O)Nc2ccc(S(=O)(=O)N3CCCCCC3)cc2)c1. The zero-order valence-corrected chi connectivity index (χ0v) is 17.8. The van der Waals surface area contributed by atoms with Crippen LogP contribution >= 0.6 is 0 Å². The molecule has 1 amide bonds. The molecule has 1 saturated heterocycles. The number of aryl methyl sites for hydroxylation is 2. The van der Waals surface area contributed by atoms with E-state index in [9.17, 15) is 13.2 Å². The molecule has 1 heterocycles. The van der Waals surface area contributed by atoms with Gasteiger partial charge in [-0.2, -0.15) is 4.31 Å². The van der Waals surface area contributed by atoms with Gasteiger partial charge in [0.15, 0.2) is 6.61 Å². The number of ether oxygens (including phenoxy) is 1. The fourth-order valence-electron chi connectivity index (χ4n) is 3.50. The fourth-order valence-corrected chi connectivity index (χ4v) is 5.02. The molecule has 0 radical (unpaired) electrons. The van der Waals surface area contributed by atoms with E-state index < -0.39 is 10.0 Å². The van der Waals surface area contributed by atoms with E-state index in [1.165, 1.54) is 0 Å². The van der Waals surface area contributed by atoms with E-state index >= 15 is 0 Å². The standard InChI is InChI=1S/C22H28N2O4S/c1-17-13-18(2)15-20(14-17)28-16-22(25)23-19-7-9-21(10-8-19)29(26,27)24-11-5-3-4-6-12-24/h7-10,13-15H,3-6,11-12,16H2,1-2H3,(H,23,25). The van der Waals surface area contributed by atoms with Crippen LogP contribution in [0.25, 0.3) is 0 Å². The van der Waals surface area contributed by atoms with Gasteiger partial charge in [0.1, 0.15) is 5.75 Å². The minimum Gasteiger partial charge on any atom is -0.484 e. The van der Waals surface area contributed by atoms with Crippen LogP contribution in [0.15, 0.2) is 47.4 Å². The third-order valence-electron chi connectivity index (χ3n) is 4.91. The van der Waals surface area contributed by atoms with Crippen molar-refractivity contribution in [3.8, 4) is 5.75 Å². The molecule has 6 nitrogen and oxygen atoms in total. The van der Waals surface area contributed by atoms with Crippen LogP contribution < -0.4 is 10.1 Å². The summed E-state index contributed by atoms with van der Waals surface area (Å²) in [4.78, 5) is 12.4. The van der Waals surface area contributed by atoms with E-state index in [2.05, 4.69) is 5.32 Å². The van der Waals surface area contributed by atoms with Gasteiger partial charge in [-0.15, -0.1) is 0 Å². The molecule has 1 aliphatic rings. The van der Waals surface area contributed by atoms with Crippen molar-refractivity contribution in [1.82, 2.24) is 4.31 Å². The van der Waals surface area contributed by atoms with Crippen molar-refractivity contribution in [2.75, 3.05) is 25.0 Å². The molecule has 0 spiro atoms. The number of amides is 1. The predicted octanol–water partition coefficient (Wildman–Crippen LogP) is 3.89. The Morgan fingerprint density at radius 1 is 0.966 bits per heavy atom. The van der Waals surface area contributed by atoms with Crippen LogP contribution in [0.5, 0.6) is 5.75 Å². The summed E-state index contributed by atoms with van der Waals surface area (Å²) in [6, 6.07) is 12.1. The van der Waals surface area contributed by atoms with Crippen LogP contribution in [0.4, 0.5) is 5.69 Å². The van der Waals surface area contributed by atoms with Gasteiger partial charge in [0.2, 0.25) is 10.0 Å². The van der Waals surface area contributed by atoms with E-state index in [1.54, 1.807) is 28.6 Å². The van der Waals surface area contributed by atoms with Crippen molar-refractivity contribution in [1.29, 1.82) is 0 Å². The smallest absolute Gasteiger partial charge is 0.262 e. The second-order valence-corrected chi connectivity index (χ2v) is 9.44. The lowest BCUT2D eigenvalue weighted by Gasteiger charge is -2.20. The Morgan fingerprint density at radius 3 is 2.14 bits per heavy atom. The van der Waals surface area contributed by atoms with Crippen molar-refractivity contribution in [3.05, 3.63) is 53.6 Å². The van der Waals surface area contributed by atoms with Gasteiger partial charge in [-0.25, -0.2) is 8.42 Å². The average Bonchev–Trinajstić information content (AvgIpc) is 2.96. The second kappa shape index (κ2) is 9.41. The molecule has 2 aromatic carbocycles. The number of hydrogen-bond acceptors (Lipinski definition) is 4. The monoisotopic (exact) mass is 416 g/mol. The van der Waals surface area contributed by atoms with Crippen LogP contribution in [-0.4, -0.2) is 38.3 Å². The number of rotatable bonds is 6. The van der Waals surface area contributed by atoms with Gasteiger partial charge in [-0.1, -0.05) is 18.9 Å². The van der Waals surface area contributed by atoms with Crippen LogP contribution in [0.1, 0.15) is 36.8 Å². The zero-order valence-electron chi connectivity index (χ0n) is 17.0. The lowest BCUT2D eigenvalue weighted by atomic mass is 10.1. The molecule has 1 aliphatic heterocycles. The maximum absolute atomic E-state index is 12.8. The number of sulfonamides is 1. The molecule has 29 heavy (non-hydrogen) atoms. The minimum absolute atomic E-state index is 0.114. The highest BCUT2D eigenvalue weighted by Crippen LogP contribution is 2.22. The van der Waals surface area contributed by atoms with Crippen LogP contribution in [-0.2, 0) is 14.8 Å². The summed E-state index contributed by atoms with van der Waals surface area (Å²) in [5.74, 6) is 0.351. The Kier molecular flexibility index (Phi) is 6.92. The summed E-state index contributed by atoms with van der Waals surface area (Å²) >= 11 is 0. The maximum atomic E-state index is 12.8. The Hall–Kier alpha value is -2.38. The average molecular weight is 417 g/mol. The normalized spacial score (nSPS) is 15.5. The molecule has 2 aromatic rings. The molecule has 1 N–H and O–H groups in total. The summed E-state index contributed by atoms with van der Waals surface area (Å²) in [5.41, 5.74) is 2.68. The molecule has 0 bridgehead atoms. The van der Waals surface area contributed by atoms with Gasteiger partial charge in [-0.05, 0) is 74.2 Å². The Balaban J connectivity index is 1.58. The number of carbonyl (C=O) groups is 1. The first-order valence-electron chi connectivity index (χ1n) is 9.96. The van der Waals surface area contributed by atoms with E-state index in [0.29, 0.717) is 24.5 Å². The van der Waals surface area contributed by atoms with E-state index in [-0.39, 0.29) is 17.4 Å². The summed E-state index contributed by atoms with van der Waals surface area (Å²) in [7, 11) is -3.49. The largest absolute Gasteiger partial charge is 0.484 e. The van der Waals surface area contributed by atoms with Gasteiger partial charge in [0.05, 0.1) is 4.90 Å². The number of carbonyl (C=O) groups excluding carboxylic acids is 1. The van der Waals surface area contributed by atoms with Crippen molar-refractivity contribution < 1.29 is 17.9 Å². The van der Waals surface area contributed by atoms with Gasteiger partial charge in [-0.3, -0.25) is 4.79 Å².